The summed E-state index contributed by atoms with van der Waals surface area (Å²) in [6, 6.07) is 10.2. The van der Waals surface area contributed by atoms with E-state index in [-0.39, 0.29) is 6.54 Å². The van der Waals surface area contributed by atoms with E-state index in [1.165, 1.54) is 5.56 Å². The minimum atomic E-state index is -0.813. The van der Waals surface area contributed by atoms with Crippen molar-refractivity contribution < 1.29 is 14.5 Å². The van der Waals surface area contributed by atoms with Crippen molar-refractivity contribution in [1.82, 2.24) is 4.57 Å². The van der Waals surface area contributed by atoms with Crippen LogP contribution in [0.2, 0.25) is 0 Å². The molecule has 0 aliphatic rings. The molecule has 0 fully saturated rings. The quantitative estimate of drug-likeness (QED) is 0.811. The Bertz CT molecular complexity index is 532. The highest BCUT2D eigenvalue weighted by atomic mass is 16.4. The fourth-order valence-electron chi connectivity index (χ4n) is 2.12. The van der Waals surface area contributed by atoms with Crippen molar-refractivity contribution in [2.75, 3.05) is 0 Å². The molecule has 0 aliphatic heterocycles. The minimum Gasteiger partial charge on any atom is -0.478 e. The number of carbonyl (C=O) groups is 1. The average molecular weight is 245 g/mol. The zero-order valence-corrected chi connectivity index (χ0v) is 10.4. The van der Waals surface area contributed by atoms with Gasteiger partial charge in [0, 0.05) is 6.42 Å². The number of carboxylic acids is 1. The lowest BCUT2D eigenvalue weighted by atomic mass is 10.2. The molecular weight excluding hydrogens is 228 g/mol. The Hall–Kier alpha value is -2.10. The van der Waals surface area contributed by atoms with E-state index in [4.69, 9.17) is 5.11 Å². The molecule has 1 heterocycles. The Morgan fingerprint density at radius 2 is 2.06 bits per heavy atom. The van der Waals surface area contributed by atoms with Crippen molar-refractivity contribution in [2.45, 2.75) is 26.4 Å². The summed E-state index contributed by atoms with van der Waals surface area (Å²) in [6.45, 7) is 2.83. The third-order valence-electron chi connectivity index (χ3n) is 2.91. The van der Waals surface area contributed by atoms with Crippen LogP contribution in [0.5, 0.6) is 0 Å². The van der Waals surface area contributed by atoms with Gasteiger partial charge in [-0.1, -0.05) is 37.3 Å². The van der Waals surface area contributed by atoms with Gasteiger partial charge in [-0.05, 0) is 5.56 Å². The smallest absolute Gasteiger partial charge is 0.346 e. The predicted octanol–water partition coefficient (Wildman–Crippen LogP) is 1.47. The number of rotatable bonds is 5. The molecular formula is C14H17N2O2+. The lowest BCUT2D eigenvalue weighted by Gasteiger charge is -2.02. The Labute approximate surface area is 106 Å². The van der Waals surface area contributed by atoms with E-state index in [1.807, 2.05) is 37.5 Å². The van der Waals surface area contributed by atoms with Crippen LogP contribution in [0, 0.1) is 0 Å². The summed E-state index contributed by atoms with van der Waals surface area (Å²) in [6.07, 6.45) is 4.58. The second kappa shape index (κ2) is 5.49. The Morgan fingerprint density at radius 3 is 2.67 bits per heavy atom. The minimum absolute atomic E-state index is 0.0188. The van der Waals surface area contributed by atoms with Crippen molar-refractivity contribution in [1.29, 1.82) is 0 Å². The molecule has 0 saturated heterocycles. The first kappa shape index (κ1) is 12.4. The molecule has 0 amide bonds. The summed E-state index contributed by atoms with van der Waals surface area (Å²) in [7, 11) is 0. The molecule has 0 atom stereocenters. The molecule has 0 aliphatic carbocycles. The zero-order valence-electron chi connectivity index (χ0n) is 10.4. The number of hydrogen-bond donors (Lipinski definition) is 1. The predicted molar refractivity (Wildman–Crippen MR) is 67.2 cm³/mol. The first-order valence-corrected chi connectivity index (χ1v) is 6.04. The van der Waals surface area contributed by atoms with Crippen LogP contribution in [0.1, 0.15) is 18.3 Å². The van der Waals surface area contributed by atoms with Crippen molar-refractivity contribution >= 4 is 5.97 Å². The van der Waals surface area contributed by atoms with E-state index < -0.39 is 5.97 Å². The molecule has 0 radical (unpaired) electrons. The number of carboxylic acid groups (broad SMARTS) is 1. The molecule has 4 heteroatoms. The number of imidazole rings is 1. The highest BCUT2D eigenvalue weighted by molar-refractivity contribution is 5.66. The van der Waals surface area contributed by atoms with Gasteiger partial charge < -0.3 is 5.11 Å². The zero-order chi connectivity index (χ0) is 13.0. The maximum absolute atomic E-state index is 10.8. The Balaban J connectivity index is 2.23. The summed E-state index contributed by atoms with van der Waals surface area (Å²) in [4.78, 5) is 10.8. The van der Waals surface area contributed by atoms with Gasteiger partial charge in [-0.3, -0.25) is 0 Å². The first-order valence-electron chi connectivity index (χ1n) is 6.04. The fourth-order valence-corrected chi connectivity index (χ4v) is 2.12. The van der Waals surface area contributed by atoms with E-state index in [0.29, 0.717) is 0 Å². The molecule has 1 aromatic heterocycles. The highest BCUT2D eigenvalue weighted by Crippen LogP contribution is 2.02. The first-order chi connectivity index (χ1) is 8.70. The van der Waals surface area contributed by atoms with Crippen LogP contribution in [-0.4, -0.2) is 15.6 Å². The van der Waals surface area contributed by atoms with Gasteiger partial charge in [-0.15, -0.1) is 0 Å². The summed E-state index contributed by atoms with van der Waals surface area (Å²) < 4.78 is 3.88. The molecule has 2 rings (SSSR count). The SMILES string of the molecule is CCc1n(CC(=O)O)cc[n+]1Cc1ccccc1. The summed E-state index contributed by atoms with van der Waals surface area (Å²) in [5.74, 6) is 0.216. The van der Waals surface area contributed by atoms with Crippen molar-refractivity contribution in [3.63, 3.8) is 0 Å². The largest absolute Gasteiger partial charge is 0.478 e. The second-order valence-corrected chi connectivity index (χ2v) is 4.20. The van der Waals surface area contributed by atoms with Gasteiger partial charge in [0.1, 0.15) is 18.9 Å². The molecule has 0 unspecified atom stereocenters. The number of hydrogen-bond acceptors (Lipinski definition) is 1. The van der Waals surface area contributed by atoms with Crippen LogP contribution < -0.4 is 4.57 Å². The lowest BCUT2D eigenvalue weighted by molar-refractivity contribution is -0.695. The Morgan fingerprint density at radius 1 is 1.33 bits per heavy atom. The topological polar surface area (TPSA) is 46.1 Å². The standard InChI is InChI=1S/C14H16N2O2/c1-2-13-15(8-9-16(13)11-14(17)18)10-12-6-4-3-5-7-12/h3-9H,2,10-11H2,1H3/p+1. The molecule has 1 N–H and O–H groups in total. The van der Waals surface area contributed by atoms with Crippen molar-refractivity contribution in [3.8, 4) is 0 Å². The summed E-state index contributed by atoms with van der Waals surface area (Å²) >= 11 is 0. The van der Waals surface area contributed by atoms with Crippen LogP contribution in [0.3, 0.4) is 0 Å². The number of nitrogens with zero attached hydrogens (tertiary/aromatic N) is 2. The monoisotopic (exact) mass is 245 g/mol. The van der Waals surface area contributed by atoms with Crippen LogP contribution in [-0.2, 0) is 24.3 Å². The van der Waals surface area contributed by atoms with E-state index in [9.17, 15) is 4.79 Å². The van der Waals surface area contributed by atoms with Crippen LogP contribution in [0.15, 0.2) is 42.7 Å². The van der Waals surface area contributed by atoms with Gasteiger partial charge >= 0.3 is 5.97 Å². The van der Waals surface area contributed by atoms with Gasteiger partial charge in [0.15, 0.2) is 6.54 Å². The molecule has 0 saturated carbocycles. The van der Waals surface area contributed by atoms with Crippen LogP contribution >= 0.6 is 0 Å². The fraction of sp³-hybridized carbons (Fsp3) is 0.286. The molecule has 1 aromatic carbocycles. The van der Waals surface area contributed by atoms with Crippen LogP contribution in [0.25, 0.3) is 0 Å². The Kier molecular flexibility index (Phi) is 3.77. The molecule has 94 valence electrons. The van der Waals surface area contributed by atoms with Crippen molar-refractivity contribution in [2.24, 2.45) is 0 Å². The van der Waals surface area contributed by atoms with Crippen LogP contribution in [0.4, 0.5) is 0 Å². The molecule has 4 nitrogen and oxygen atoms in total. The normalized spacial score (nSPS) is 10.5. The van der Waals surface area contributed by atoms with Gasteiger partial charge in [0.25, 0.3) is 5.82 Å². The maximum Gasteiger partial charge on any atom is 0.346 e. The number of benzene rings is 1. The van der Waals surface area contributed by atoms with E-state index in [0.717, 1.165) is 18.8 Å². The van der Waals surface area contributed by atoms with E-state index in [1.54, 1.807) is 4.57 Å². The van der Waals surface area contributed by atoms with E-state index in [2.05, 4.69) is 16.7 Å². The van der Waals surface area contributed by atoms with Gasteiger partial charge in [0.2, 0.25) is 0 Å². The molecule has 0 spiro atoms. The average Bonchev–Trinajstić information content (AvgIpc) is 2.72. The van der Waals surface area contributed by atoms with Gasteiger partial charge in [-0.25, -0.2) is 13.9 Å². The van der Waals surface area contributed by atoms with E-state index >= 15 is 0 Å². The van der Waals surface area contributed by atoms with Gasteiger partial charge in [0.05, 0.1) is 0 Å². The highest BCUT2D eigenvalue weighted by Gasteiger charge is 2.17. The summed E-state index contributed by atoms with van der Waals surface area (Å²) in [5, 5.41) is 8.86. The lowest BCUT2D eigenvalue weighted by Crippen LogP contribution is -2.37. The second-order valence-electron chi connectivity index (χ2n) is 4.20. The third kappa shape index (κ3) is 2.77. The molecule has 0 bridgehead atoms. The maximum atomic E-state index is 10.8. The van der Waals surface area contributed by atoms with Crippen molar-refractivity contribution in [3.05, 3.63) is 54.1 Å². The molecule has 2 aromatic rings. The summed E-state index contributed by atoms with van der Waals surface area (Å²) in [5.41, 5.74) is 1.21. The third-order valence-corrected chi connectivity index (χ3v) is 2.91. The molecule has 18 heavy (non-hydrogen) atoms. The number of aliphatic carboxylic acids is 1. The van der Waals surface area contributed by atoms with Gasteiger partial charge in [-0.2, -0.15) is 0 Å². The number of aromatic nitrogens is 2.